The van der Waals surface area contributed by atoms with Crippen molar-refractivity contribution in [3.8, 4) is 0 Å². The quantitative estimate of drug-likeness (QED) is 0.754. The lowest BCUT2D eigenvalue weighted by Gasteiger charge is -2.32. The van der Waals surface area contributed by atoms with Gasteiger partial charge in [-0.15, -0.1) is 0 Å². The third-order valence-corrected chi connectivity index (χ3v) is 4.96. The van der Waals surface area contributed by atoms with Gasteiger partial charge in [0.05, 0.1) is 12.6 Å². The zero-order valence-corrected chi connectivity index (χ0v) is 15.5. The van der Waals surface area contributed by atoms with Crippen LogP contribution in [-0.2, 0) is 11.8 Å². The van der Waals surface area contributed by atoms with Gasteiger partial charge in [0.1, 0.15) is 5.69 Å². The average Bonchev–Trinajstić information content (AvgIpc) is 2.97. The molecule has 0 aliphatic carbocycles. The summed E-state index contributed by atoms with van der Waals surface area (Å²) in [6.07, 6.45) is -0.699. The Morgan fingerprint density at radius 1 is 1.15 bits per heavy atom. The largest absolute Gasteiger partial charge is 0.448 e. The molecule has 1 aromatic heterocycles. The van der Waals surface area contributed by atoms with E-state index in [1.807, 2.05) is 67.1 Å². The fraction of sp³-hybridized carbons (Fsp3) is 0.238. The number of benzene rings is 2. The first-order valence-electron chi connectivity index (χ1n) is 8.94. The number of rotatable bonds is 2. The van der Waals surface area contributed by atoms with E-state index in [1.54, 1.807) is 6.92 Å². The summed E-state index contributed by atoms with van der Waals surface area (Å²) in [7, 11) is 1.85. The van der Waals surface area contributed by atoms with Crippen LogP contribution in [0.15, 0.2) is 48.5 Å². The second kappa shape index (κ2) is 6.55. The van der Waals surface area contributed by atoms with Gasteiger partial charge in [0.15, 0.2) is 0 Å². The number of para-hydroxylation sites is 1. The first-order valence-corrected chi connectivity index (χ1v) is 8.94. The van der Waals surface area contributed by atoms with Crippen molar-refractivity contribution >= 4 is 22.9 Å². The molecule has 1 aliphatic rings. The summed E-state index contributed by atoms with van der Waals surface area (Å²) in [5.41, 5.74) is 7.51. The second-order valence-electron chi connectivity index (χ2n) is 6.65. The zero-order valence-electron chi connectivity index (χ0n) is 15.5. The third-order valence-electron chi connectivity index (χ3n) is 4.96. The highest BCUT2D eigenvalue weighted by atomic mass is 16.6. The van der Waals surface area contributed by atoms with Crippen molar-refractivity contribution in [1.82, 2.24) is 15.0 Å². The van der Waals surface area contributed by atoms with E-state index in [4.69, 9.17) is 4.74 Å². The minimum Gasteiger partial charge on any atom is -0.448 e. The molecule has 0 saturated heterocycles. The number of hydrogen-bond donors (Lipinski definition) is 1. The van der Waals surface area contributed by atoms with Gasteiger partial charge in [-0.05, 0) is 25.5 Å². The Labute approximate surface area is 157 Å². The molecule has 6 heteroatoms. The molecule has 3 aromatic rings. The van der Waals surface area contributed by atoms with E-state index >= 15 is 0 Å². The number of carbonyl (C=O) groups is 2. The number of carbonyl (C=O) groups excluding carboxylic acids is 2. The molecule has 0 bridgehead atoms. The van der Waals surface area contributed by atoms with Crippen molar-refractivity contribution in [2.24, 2.45) is 7.05 Å². The highest BCUT2D eigenvalue weighted by molar-refractivity contribution is 6.08. The summed E-state index contributed by atoms with van der Waals surface area (Å²) >= 11 is 0. The van der Waals surface area contributed by atoms with Crippen molar-refractivity contribution in [3.63, 3.8) is 0 Å². The fourth-order valence-electron chi connectivity index (χ4n) is 3.66. The van der Waals surface area contributed by atoms with Crippen LogP contribution in [0.2, 0.25) is 0 Å². The van der Waals surface area contributed by atoms with Crippen LogP contribution < -0.4 is 5.43 Å². The maximum absolute atomic E-state index is 13.1. The monoisotopic (exact) mass is 363 g/mol. The van der Waals surface area contributed by atoms with Crippen molar-refractivity contribution in [2.45, 2.75) is 19.9 Å². The number of hydrazine groups is 1. The van der Waals surface area contributed by atoms with Gasteiger partial charge in [0.25, 0.3) is 5.91 Å². The zero-order chi connectivity index (χ0) is 19.1. The van der Waals surface area contributed by atoms with E-state index in [0.717, 1.165) is 32.6 Å². The average molecular weight is 363 g/mol. The lowest BCUT2D eigenvalue weighted by Crippen LogP contribution is -2.53. The van der Waals surface area contributed by atoms with Crippen LogP contribution >= 0.6 is 0 Å². The van der Waals surface area contributed by atoms with Gasteiger partial charge < -0.3 is 9.30 Å². The number of aryl methyl sites for hydroxylation is 2. The maximum Gasteiger partial charge on any atom is 0.431 e. The highest BCUT2D eigenvalue weighted by Crippen LogP contribution is 2.37. The maximum atomic E-state index is 13.1. The lowest BCUT2D eigenvalue weighted by atomic mass is 9.94. The molecule has 1 N–H and O–H groups in total. The molecule has 2 aromatic carbocycles. The third kappa shape index (κ3) is 2.69. The Balaban J connectivity index is 1.95. The topological polar surface area (TPSA) is 63.6 Å². The Hall–Kier alpha value is -3.12. The summed E-state index contributed by atoms with van der Waals surface area (Å²) in [5.74, 6) is -0.412. The van der Waals surface area contributed by atoms with E-state index in [0.29, 0.717) is 5.69 Å². The van der Waals surface area contributed by atoms with Crippen LogP contribution in [0.25, 0.3) is 10.9 Å². The molecule has 0 fully saturated rings. The molecular weight excluding hydrogens is 342 g/mol. The Kier molecular flexibility index (Phi) is 4.20. The van der Waals surface area contributed by atoms with Gasteiger partial charge >= 0.3 is 6.09 Å². The minimum absolute atomic E-state index is 0.196. The number of ether oxygens (including phenoxy) is 1. The number of aromatic nitrogens is 1. The molecule has 27 heavy (non-hydrogen) atoms. The van der Waals surface area contributed by atoms with Gasteiger partial charge in [-0.1, -0.05) is 48.0 Å². The number of imide groups is 1. The van der Waals surface area contributed by atoms with E-state index in [1.165, 1.54) is 0 Å². The Morgan fingerprint density at radius 2 is 1.85 bits per heavy atom. The second-order valence-corrected chi connectivity index (χ2v) is 6.65. The van der Waals surface area contributed by atoms with Crippen molar-refractivity contribution in [1.29, 1.82) is 0 Å². The standard InChI is InChI=1S/C21H21N3O3/c1-4-27-21(26)24-20(25)19-17(15-7-5-6-8-16(15)23(19)3)18(22-24)14-11-9-13(2)10-12-14/h5-12,18,22H,4H2,1-3H3. The molecule has 1 unspecified atom stereocenters. The van der Waals surface area contributed by atoms with Gasteiger partial charge in [-0.3, -0.25) is 4.79 Å². The summed E-state index contributed by atoms with van der Waals surface area (Å²) in [6.45, 7) is 3.93. The van der Waals surface area contributed by atoms with Crippen molar-refractivity contribution in [2.75, 3.05) is 6.61 Å². The molecule has 1 atom stereocenters. The molecule has 6 nitrogen and oxygen atoms in total. The predicted molar refractivity (Wildman–Crippen MR) is 102 cm³/mol. The van der Waals surface area contributed by atoms with E-state index in [2.05, 4.69) is 5.43 Å². The smallest absolute Gasteiger partial charge is 0.431 e. The van der Waals surface area contributed by atoms with Crippen molar-refractivity contribution in [3.05, 3.63) is 70.9 Å². The van der Waals surface area contributed by atoms with Gasteiger partial charge in [-0.25, -0.2) is 10.2 Å². The van der Waals surface area contributed by atoms with Gasteiger partial charge in [-0.2, -0.15) is 5.01 Å². The molecule has 0 saturated carbocycles. The summed E-state index contributed by atoms with van der Waals surface area (Å²) in [6, 6.07) is 15.6. The minimum atomic E-state index is -0.699. The summed E-state index contributed by atoms with van der Waals surface area (Å²) in [4.78, 5) is 25.5. The number of nitrogens with one attached hydrogen (secondary N) is 1. The highest BCUT2D eigenvalue weighted by Gasteiger charge is 2.40. The van der Waals surface area contributed by atoms with Crippen LogP contribution in [-0.4, -0.2) is 28.2 Å². The van der Waals surface area contributed by atoms with Gasteiger partial charge in [0, 0.05) is 23.5 Å². The molecule has 4 rings (SSSR count). The molecule has 2 amide bonds. The Morgan fingerprint density at radius 3 is 2.56 bits per heavy atom. The normalized spacial score (nSPS) is 16.5. The fourth-order valence-corrected chi connectivity index (χ4v) is 3.66. The summed E-state index contributed by atoms with van der Waals surface area (Å²) in [5, 5.41) is 1.97. The Bertz CT molecular complexity index is 1040. The van der Waals surface area contributed by atoms with Crippen LogP contribution in [0, 0.1) is 6.92 Å². The molecule has 2 heterocycles. The SMILES string of the molecule is CCOC(=O)N1NC(c2ccc(C)cc2)c2c(n(C)c3ccccc23)C1=O. The predicted octanol–water partition coefficient (Wildman–Crippen LogP) is 3.69. The first-order chi connectivity index (χ1) is 13.0. The van der Waals surface area contributed by atoms with Crippen LogP contribution in [0.5, 0.6) is 0 Å². The summed E-state index contributed by atoms with van der Waals surface area (Å²) < 4.78 is 6.93. The number of nitrogens with zero attached hydrogens (tertiary/aromatic N) is 2. The molecule has 0 spiro atoms. The van der Waals surface area contributed by atoms with E-state index in [-0.39, 0.29) is 12.6 Å². The van der Waals surface area contributed by atoms with Crippen LogP contribution in [0.1, 0.15) is 40.1 Å². The molecular formula is C21H21N3O3. The lowest BCUT2D eigenvalue weighted by molar-refractivity contribution is 0.0495. The van der Waals surface area contributed by atoms with Crippen LogP contribution in [0.4, 0.5) is 4.79 Å². The van der Waals surface area contributed by atoms with Crippen LogP contribution in [0.3, 0.4) is 0 Å². The number of hydrogen-bond acceptors (Lipinski definition) is 4. The molecule has 0 radical (unpaired) electrons. The molecule has 1 aliphatic heterocycles. The number of amides is 2. The van der Waals surface area contributed by atoms with E-state index < -0.39 is 12.0 Å². The molecule has 138 valence electrons. The first kappa shape index (κ1) is 17.3. The van der Waals surface area contributed by atoms with Crippen molar-refractivity contribution < 1.29 is 14.3 Å². The number of fused-ring (bicyclic) bond motifs is 3. The van der Waals surface area contributed by atoms with Gasteiger partial charge in [0.2, 0.25) is 0 Å². The van der Waals surface area contributed by atoms with E-state index in [9.17, 15) is 9.59 Å².